The highest BCUT2D eigenvalue weighted by atomic mass is 35.5. The molecule has 0 saturated carbocycles. The van der Waals surface area contributed by atoms with Gasteiger partial charge in [-0.25, -0.2) is 0 Å². The van der Waals surface area contributed by atoms with Crippen LogP contribution in [0, 0.1) is 0 Å². The number of methoxy groups -OCH3 is 1. The number of pyridine rings is 2. The summed E-state index contributed by atoms with van der Waals surface area (Å²) in [5.74, 6) is 0.630. The van der Waals surface area contributed by atoms with Crippen LogP contribution in [0.3, 0.4) is 0 Å². The molecule has 1 unspecified atom stereocenters. The van der Waals surface area contributed by atoms with Gasteiger partial charge in [0.15, 0.2) is 0 Å². The van der Waals surface area contributed by atoms with Crippen LogP contribution in [-0.4, -0.2) is 76.5 Å². The van der Waals surface area contributed by atoms with Gasteiger partial charge in [-0.3, -0.25) is 29.6 Å². The normalized spacial score (nSPS) is 19.9. The Bertz CT molecular complexity index is 1980. The second-order valence-corrected chi connectivity index (χ2v) is 14.5. The Kier molecular flexibility index (Phi) is 10.2. The number of amides is 2. The molecule has 0 aliphatic carbocycles. The fourth-order valence-corrected chi connectivity index (χ4v) is 8.47. The molecule has 2 amide bonds. The van der Waals surface area contributed by atoms with E-state index in [1.54, 1.807) is 31.1 Å². The van der Waals surface area contributed by atoms with E-state index in [4.69, 9.17) is 27.9 Å². The number of likely N-dealkylation sites (tertiary alicyclic amines) is 2. The van der Waals surface area contributed by atoms with Crippen molar-refractivity contribution in [2.24, 2.45) is 7.05 Å². The summed E-state index contributed by atoms with van der Waals surface area (Å²) in [5.41, 5.74) is 4.64. The van der Waals surface area contributed by atoms with Crippen LogP contribution in [0.25, 0.3) is 21.9 Å². The van der Waals surface area contributed by atoms with Crippen LogP contribution in [0.5, 0.6) is 5.75 Å². The molecule has 0 spiro atoms. The molecule has 0 bridgehead atoms. The lowest BCUT2D eigenvalue weighted by Crippen LogP contribution is -2.47. The number of nitrogens with one attached hydrogen (secondary N) is 2. The van der Waals surface area contributed by atoms with Gasteiger partial charge < -0.3 is 19.5 Å². The van der Waals surface area contributed by atoms with Crippen molar-refractivity contribution in [3.63, 3.8) is 0 Å². The summed E-state index contributed by atoms with van der Waals surface area (Å²) in [5, 5.41) is 8.39. The number of nitrogens with zero attached hydrogens (tertiary/aromatic N) is 4. The average molecular weight is 718 g/mol. The summed E-state index contributed by atoms with van der Waals surface area (Å²) < 4.78 is 7.46. The van der Waals surface area contributed by atoms with Gasteiger partial charge in [0, 0.05) is 71.5 Å². The maximum atomic E-state index is 12.7. The average Bonchev–Trinajstić information content (AvgIpc) is 3.12. The quantitative estimate of drug-likeness (QED) is 0.215. The van der Waals surface area contributed by atoms with Crippen molar-refractivity contribution in [2.45, 2.75) is 63.1 Å². The topological polar surface area (TPSA) is 109 Å². The Morgan fingerprint density at radius 1 is 0.940 bits per heavy atom. The third-order valence-corrected chi connectivity index (χ3v) is 11.3. The number of imide groups is 1. The summed E-state index contributed by atoms with van der Waals surface area (Å²) >= 11 is 13.7. The first-order valence-corrected chi connectivity index (χ1v) is 18.1. The molecule has 2 aromatic heterocycles. The van der Waals surface area contributed by atoms with Gasteiger partial charge in [0.05, 0.1) is 12.5 Å². The van der Waals surface area contributed by atoms with E-state index in [1.807, 2.05) is 36.5 Å². The van der Waals surface area contributed by atoms with Gasteiger partial charge in [-0.15, -0.1) is 0 Å². The van der Waals surface area contributed by atoms with Crippen LogP contribution in [0.1, 0.15) is 55.6 Å². The third kappa shape index (κ3) is 7.12. The number of carbonyl (C=O) groups excluding carboxylic acids is 2. The number of halogens is 2. The van der Waals surface area contributed by atoms with E-state index in [0.29, 0.717) is 41.8 Å². The zero-order valence-corrected chi connectivity index (χ0v) is 29.9. The van der Waals surface area contributed by atoms with Crippen molar-refractivity contribution in [1.82, 2.24) is 24.7 Å². The highest BCUT2D eigenvalue weighted by Crippen LogP contribution is 2.38. The summed E-state index contributed by atoms with van der Waals surface area (Å²) in [4.78, 5) is 45.6. The number of piperidine rings is 3. The first kappa shape index (κ1) is 34.5. The molecule has 2 aromatic carbocycles. The Labute approximate surface area is 301 Å². The number of fused-ring (bicyclic) bond motifs is 1. The minimum absolute atomic E-state index is 0.0865. The maximum Gasteiger partial charge on any atom is 0.259 e. The molecule has 4 aromatic rings. The maximum absolute atomic E-state index is 12.7. The number of hydrogen-bond acceptors (Lipinski definition) is 8. The second-order valence-electron chi connectivity index (χ2n) is 13.7. The summed E-state index contributed by atoms with van der Waals surface area (Å²) in [6, 6.07) is 12.0. The van der Waals surface area contributed by atoms with E-state index >= 15 is 0 Å². The summed E-state index contributed by atoms with van der Waals surface area (Å²) in [7, 11) is 3.43. The lowest BCUT2D eigenvalue weighted by atomic mass is 9.87. The van der Waals surface area contributed by atoms with Gasteiger partial charge in [0.1, 0.15) is 11.8 Å². The molecule has 3 fully saturated rings. The highest BCUT2D eigenvalue weighted by molar-refractivity contribution is 6.32. The number of rotatable bonds is 8. The predicted molar refractivity (Wildman–Crippen MR) is 197 cm³/mol. The van der Waals surface area contributed by atoms with Crippen LogP contribution in [0.15, 0.2) is 59.8 Å². The van der Waals surface area contributed by atoms with E-state index in [0.717, 1.165) is 96.0 Å². The van der Waals surface area contributed by atoms with E-state index in [2.05, 4.69) is 31.5 Å². The fraction of sp³-hybridized carbons (Fsp3) is 0.421. The SMILES string of the molecule is COc1cc(-c2cn(C)c(=O)c3cnccc23)cc(Cl)c1CN1CCC(N2CCC(c3ccc(NC4CCC(=O)NC4=O)cc3Cl)CC2)CC1. The van der Waals surface area contributed by atoms with Crippen molar-refractivity contribution in [3.8, 4) is 16.9 Å². The number of aryl methyl sites for hydroxylation is 1. The van der Waals surface area contributed by atoms with E-state index in [1.165, 1.54) is 0 Å². The number of aromatic nitrogens is 2. The third-order valence-electron chi connectivity index (χ3n) is 10.7. The van der Waals surface area contributed by atoms with Crippen LogP contribution >= 0.6 is 23.2 Å². The molecule has 50 heavy (non-hydrogen) atoms. The second kappa shape index (κ2) is 14.7. The van der Waals surface area contributed by atoms with Gasteiger partial charge in [-0.05, 0) is 111 Å². The molecule has 5 heterocycles. The van der Waals surface area contributed by atoms with Crippen LogP contribution in [0.2, 0.25) is 10.0 Å². The zero-order chi connectivity index (χ0) is 34.9. The predicted octanol–water partition coefficient (Wildman–Crippen LogP) is 5.98. The van der Waals surface area contributed by atoms with Crippen LogP contribution in [0.4, 0.5) is 5.69 Å². The molecule has 262 valence electrons. The molecule has 3 saturated heterocycles. The largest absolute Gasteiger partial charge is 0.496 e. The lowest BCUT2D eigenvalue weighted by Gasteiger charge is -2.42. The summed E-state index contributed by atoms with van der Waals surface area (Å²) in [6.07, 6.45) is 10.3. The molecule has 3 aliphatic heterocycles. The lowest BCUT2D eigenvalue weighted by molar-refractivity contribution is -0.133. The van der Waals surface area contributed by atoms with Crippen molar-refractivity contribution in [3.05, 3.63) is 86.5 Å². The van der Waals surface area contributed by atoms with Gasteiger partial charge in [-0.2, -0.15) is 0 Å². The highest BCUT2D eigenvalue weighted by Gasteiger charge is 2.31. The fourth-order valence-electron chi connectivity index (χ4n) is 7.87. The summed E-state index contributed by atoms with van der Waals surface area (Å²) in [6.45, 7) is 4.76. The minimum atomic E-state index is -0.429. The molecular weight excluding hydrogens is 675 g/mol. The van der Waals surface area contributed by atoms with Crippen molar-refractivity contribution < 1.29 is 14.3 Å². The molecule has 0 radical (unpaired) electrons. The Morgan fingerprint density at radius 3 is 2.44 bits per heavy atom. The zero-order valence-electron chi connectivity index (χ0n) is 28.4. The van der Waals surface area contributed by atoms with Gasteiger partial charge in [0.2, 0.25) is 11.8 Å². The Morgan fingerprint density at radius 2 is 1.72 bits per heavy atom. The molecule has 2 N–H and O–H groups in total. The molecule has 10 nitrogen and oxygen atoms in total. The van der Waals surface area contributed by atoms with E-state index < -0.39 is 6.04 Å². The standard InChI is InChI=1S/C38H42Cl2N6O4/c1-44-21-30(28-7-12-41-20-29(28)38(44)49)24-17-32(39)31(35(18-24)50-2)22-45-13-10-26(11-14-45)46-15-8-23(9-16-46)27-4-3-25(19-33(27)40)42-34-5-6-36(47)43-37(34)48/h3-4,7,12,17-21,23,26,34,42H,5-6,8-11,13-16,22H2,1-2H3,(H,43,47,48). The van der Waals surface area contributed by atoms with Gasteiger partial charge in [-0.1, -0.05) is 29.3 Å². The monoisotopic (exact) mass is 716 g/mol. The number of benzene rings is 2. The smallest absolute Gasteiger partial charge is 0.259 e. The number of anilines is 1. The van der Waals surface area contributed by atoms with Crippen LogP contribution < -0.4 is 20.9 Å². The van der Waals surface area contributed by atoms with E-state index in [9.17, 15) is 14.4 Å². The molecular formula is C38H42Cl2N6O4. The Hall–Kier alpha value is -3.96. The van der Waals surface area contributed by atoms with Crippen molar-refractivity contribution >= 4 is 51.5 Å². The van der Waals surface area contributed by atoms with E-state index in [-0.39, 0.29) is 17.4 Å². The Balaban J connectivity index is 0.942. The molecule has 12 heteroatoms. The first-order valence-electron chi connectivity index (χ1n) is 17.3. The molecule has 7 rings (SSSR count). The number of ether oxygens (including phenoxy) is 1. The van der Waals surface area contributed by atoms with Gasteiger partial charge in [0.25, 0.3) is 5.56 Å². The molecule has 3 aliphatic rings. The first-order chi connectivity index (χ1) is 24.2. The van der Waals surface area contributed by atoms with Crippen LogP contribution in [-0.2, 0) is 23.2 Å². The number of hydrogen-bond donors (Lipinski definition) is 2. The molecule has 1 atom stereocenters. The van der Waals surface area contributed by atoms with Gasteiger partial charge >= 0.3 is 0 Å². The van der Waals surface area contributed by atoms with Crippen molar-refractivity contribution in [2.75, 3.05) is 38.6 Å². The number of carbonyl (C=O) groups is 2. The van der Waals surface area contributed by atoms with Crippen molar-refractivity contribution in [1.29, 1.82) is 0 Å². The minimum Gasteiger partial charge on any atom is -0.496 e.